The topological polar surface area (TPSA) is 9.23 Å². The third-order valence-corrected chi connectivity index (χ3v) is 9.45. The minimum absolute atomic E-state index is 0.0326. The molecule has 0 bridgehead atoms. The molecule has 2 radical (unpaired) electrons. The second-order valence-electron chi connectivity index (χ2n) is 11.7. The van der Waals surface area contributed by atoms with Crippen LogP contribution in [0.3, 0.4) is 0 Å². The van der Waals surface area contributed by atoms with E-state index in [9.17, 15) is 8.78 Å². The van der Waals surface area contributed by atoms with Crippen LogP contribution in [-0.2, 0) is 0 Å². The molecule has 2 aliphatic rings. The average molecular weight is 560 g/mol. The van der Waals surface area contributed by atoms with Gasteiger partial charge in [0, 0.05) is 17.6 Å². The van der Waals surface area contributed by atoms with Gasteiger partial charge in [0.2, 0.25) is 5.82 Å². The van der Waals surface area contributed by atoms with E-state index in [2.05, 4.69) is 6.58 Å². The molecule has 2 fully saturated rings. The Morgan fingerprint density at radius 3 is 1.78 bits per heavy atom. The molecular formula is C35H37BF4O. The number of hydrogen-bond donors (Lipinski definition) is 0. The van der Waals surface area contributed by atoms with E-state index in [0.717, 1.165) is 43.9 Å². The maximum atomic E-state index is 15.4. The summed E-state index contributed by atoms with van der Waals surface area (Å²) < 4.78 is 64.5. The summed E-state index contributed by atoms with van der Waals surface area (Å²) in [7, 11) is 5.25. The molecule has 5 rings (SSSR count). The van der Waals surface area contributed by atoms with Crippen molar-refractivity contribution in [3.05, 3.63) is 90.0 Å². The van der Waals surface area contributed by atoms with E-state index in [1.54, 1.807) is 36.4 Å². The second-order valence-corrected chi connectivity index (χ2v) is 11.7. The molecule has 3 aromatic carbocycles. The van der Waals surface area contributed by atoms with Gasteiger partial charge in [-0.25, -0.2) is 13.2 Å². The summed E-state index contributed by atoms with van der Waals surface area (Å²) in [4.78, 5) is 0. The van der Waals surface area contributed by atoms with Gasteiger partial charge in [0.1, 0.15) is 7.85 Å². The van der Waals surface area contributed by atoms with Crippen molar-refractivity contribution in [1.82, 2.24) is 0 Å². The first-order chi connectivity index (χ1) is 19.9. The third kappa shape index (κ3) is 6.42. The van der Waals surface area contributed by atoms with Gasteiger partial charge in [-0.2, -0.15) is 4.39 Å². The van der Waals surface area contributed by atoms with Gasteiger partial charge in [-0.3, -0.25) is 0 Å². The van der Waals surface area contributed by atoms with Crippen LogP contribution in [0, 0.1) is 41.0 Å². The maximum absolute atomic E-state index is 15.4. The zero-order chi connectivity index (χ0) is 28.9. The van der Waals surface area contributed by atoms with E-state index >= 15 is 8.78 Å². The normalized spacial score (nSPS) is 22.8. The number of hydrogen-bond acceptors (Lipinski definition) is 1. The van der Waals surface area contributed by atoms with Gasteiger partial charge in [-0.1, -0.05) is 55.3 Å². The zero-order valence-electron chi connectivity index (χ0n) is 23.5. The molecule has 0 aromatic heterocycles. The number of allylic oxidation sites excluding steroid dienone is 1. The minimum Gasteiger partial charge on any atom is -0.500 e. The first kappa shape index (κ1) is 29.5. The van der Waals surface area contributed by atoms with Crippen molar-refractivity contribution in [2.75, 3.05) is 6.51 Å². The number of ether oxygens (including phenoxy) is 1. The highest BCUT2D eigenvalue weighted by atomic mass is 19.2. The van der Waals surface area contributed by atoms with Gasteiger partial charge in [-0.05, 0) is 104 Å². The predicted octanol–water partition coefficient (Wildman–Crippen LogP) is 10.1. The molecule has 1 nitrogen and oxygen atoms in total. The summed E-state index contributed by atoms with van der Waals surface area (Å²) in [6.45, 7) is 3.57. The van der Waals surface area contributed by atoms with Crippen LogP contribution >= 0.6 is 0 Å². The Kier molecular flexibility index (Phi) is 9.57. The van der Waals surface area contributed by atoms with Gasteiger partial charge >= 0.3 is 0 Å². The minimum atomic E-state index is -1.12. The molecule has 0 amide bonds. The Bertz CT molecular complexity index is 1340. The maximum Gasteiger partial charge on any atom is 0.201 e. The Morgan fingerprint density at radius 1 is 0.683 bits per heavy atom. The van der Waals surface area contributed by atoms with Crippen molar-refractivity contribution in [2.24, 2.45) is 17.8 Å². The zero-order valence-corrected chi connectivity index (χ0v) is 23.5. The van der Waals surface area contributed by atoms with E-state index in [1.807, 2.05) is 6.08 Å². The number of benzene rings is 3. The molecule has 214 valence electrons. The molecular weight excluding hydrogens is 523 g/mol. The molecule has 2 saturated carbocycles. The fourth-order valence-electron chi connectivity index (χ4n) is 7.09. The highest BCUT2D eigenvalue weighted by Crippen LogP contribution is 2.45. The molecule has 0 spiro atoms. The lowest BCUT2D eigenvalue weighted by Crippen LogP contribution is -2.25. The summed E-state index contributed by atoms with van der Waals surface area (Å²) >= 11 is 0. The van der Waals surface area contributed by atoms with Gasteiger partial charge in [-0.15, -0.1) is 6.58 Å². The Morgan fingerprint density at radius 2 is 1.22 bits per heavy atom. The van der Waals surface area contributed by atoms with Crippen molar-refractivity contribution >= 4 is 7.85 Å². The molecule has 0 unspecified atom stereocenters. The van der Waals surface area contributed by atoms with E-state index in [4.69, 9.17) is 12.6 Å². The molecule has 0 heterocycles. The fraction of sp³-hybridized carbons (Fsp3) is 0.429. The molecule has 0 aliphatic heterocycles. The quantitative estimate of drug-likeness (QED) is 0.144. The van der Waals surface area contributed by atoms with E-state index in [1.165, 1.54) is 44.2 Å². The van der Waals surface area contributed by atoms with Crippen LogP contribution in [0.4, 0.5) is 17.6 Å². The third-order valence-electron chi connectivity index (χ3n) is 9.45. The largest absolute Gasteiger partial charge is 0.500 e. The van der Waals surface area contributed by atoms with Crippen molar-refractivity contribution < 1.29 is 22.3 Å². The molecule has 2 aliphatic carbocycles. The Labute approximate surface area is 242 Å². The molecule has 0 saturated heterocycles. The second kappa shape index (κ2) is 13.3. The van der Waals surface area contributed by atoms with E-state index in [-0.39, 0.29) is 29.3 Å². The molecule has 0 atom stereocenters. The lowest BCUT2D eigenvalue weighted by molar-refractivity contribution is 0.156. The van der Waals surface area contributed by atoms with Gasteiger partial charge in [0.25, 0.3) is 0 Å². The van der Waals surface area contributed by atoms with Crippen molar-refractivity contribution in [3.63, 3.8) is 0 Å². The summed E-state index contributed by atoms with van der Waals surface area (Å²) in [5.41, 5.74) is 1.53. The summed E-state index contributed by atoms with van der Waals surface area (Å²) in [5, 5.41) is 0. The lowest BCUT2D eigenvalue weighted by Gasteiger charge is -2.38. The van der Waals surface area contributed by atoms with Crippen molar-refractivity contribution in [2.45, 2.75) is 70.1 Å². The number of halogens is 4. The van der Waals surface area contributed by atoms with Crippen LogP contribution < -0.4 is 4.74 Å². The van der Waals surface area contributed by atoms with Gasteiger partial charge < -0.3 is 4.74 Å². The predicted molar refractivity (Wildman–Crippen MR) is 158 cm³/mol. The lowest BCUT2D eigenvalue weighted by atomic mass is 9.68. The molecule has 0 N–H and O–H groups in total. The summed E-state index contributed by atoms with van der Waals surface area (Å²) in [6.07, 6.45) is 13.5. The smallest absolute Gasteiger partial charge is 0.201 e. The fourth-order valence-corrected chi connectivity index (χ4v) is 7.09. The van der Waals surface area contributed by atoms with Crippen LogP contribution in [0.1, 0.15) is 75.7 Å². The molecule has 41 heavy (non-hydrogen) atoms. The van der Waals surface area contributed by atoms with Crippen LogP contribution in [0.5, 0.6) is 5.75 Å². The highest BCUT2D eigenvalue weighted by molar-refractivity contribution is 6.08. The average Bonchev–Trinajstić information content (AvgIpc) is 3.00. The number of rotatable bonds is 9. The van der Waals surface area contributed by atoms with Crippen molar-refractivity contribution in [1.29, 1.82) is 0 Å². The Balaban J connectivity index is 1.23. The molecule has 3 aromatic rings. The molecule has 6 heteroatoms. The van der Waals surface area contributed by atoms with Gasteiger partial charge in [0.05, 0.1) is 0 Å². The van der Waals surface area contributed by atoms with Crippen LogP contribution in [-0.4, -0.2) is 14.4 Å². The monoisotopic (exact) mass is 560 g/mol. The van der Waals surface area contributed by atoms with Crippen LogP contribution in [0.25, 0.3) is 22.3 Å². The van der Waals surface area contributed by atoms with E-state index < -0.39 is 23.3 Å². The highest BCUT2D eigenvalue weighted by Gasteiger charge is 2.32. The van der Waals surface area contributed by atoms with E-state index in [0.29, 0.717) is 22.6 Å². The van der Waals surface area contributed by atoms with Crippen LogP contribution in [0.2, 0.25) is 0 Å². The standard InChI is InChI=1S/C35H37BF4O/c1-2-3-4-22-5-7-23(8-6-22)24-9-11-25(12-10-24)28-17-18-29(33(38)32(28)37)26-13-15-27(16-14-26)30-19-20-31(41-21-36)35(40)34(30)39/h2,13-20,22-25H,1,3-12,21H2. The first-order valence-electron chi connectivity index (χ1n) is 14.9. The Hall–Kier alpha value is -3.02. The van der Waals surface area contributed by atoms with Gasteiger partial charge in [0.15, 0.2) is 23.2 Å². The first-order valence-corrected chi connectivity index (χ1v) is 14.9. The summed E-state index contributed by atoms with van der Waals surface area (Å²) in [5.74, 6) is -1.76. The van der Waals surface area contributed by atoms with Crippen molar-refractivity contribution in [3.8, 4) is 28.0 Å². The van der Waals surface area contributed by atoms with Crippen LogP contribution in [0.15, 0.2) is 61.2 Å². The SMILES string of the molecule is [B]COc1ccc(-c2ccc(-c3ccc(C4CCC(C5CCC(CCC=C)CC5)CC4)c(F)c3F)cc2)c(F)c1F. The summed E-state index contributed by atoms with van der Waals surface area (Å²) in [6, 6.07) is 12.4.